The molecule has 126 valence electrons. The fourth-order valence-electron chi connectivity index (χ4n) is 2.73. The fraction of sp³-hybridized carbons (Fsp3) is 0.200. The summed E-state index contributed by atoms with van der Waals surface area (Å²) in [4.78, 5) is 16.4. The van der Waals surface area contributed by atoms with Crippen LogP contribution in [0.15, 0.2) is 59.2 Å². The summed E-state index contributed by atoms with van der Waals surface area (Å²) in [7, 11) is 0. The van der Waals surface area contributed by atoms with Gasteiger partial charge in [0.2, 0.25) is 5.90 Å². The summed E-state index contributed by atoms with van der Waals surface area (Å²) in [5.74, 6) is 1.39. The highest BCUT2D eigenvalue weighted by molar-refractivity contribution is 6.07. The highest BCUT2D eigenvalue weighted by Gasteiger charge is 2.23. The maximum Gasteiger partial charge on any atom is 0.363 e. The van der Waals surface area contributed by atoms with Gasteiger partial charge in [-0.2, -0.15) is 0 Å². The van der Waals surface area contributed by atoms with E-state index >= 15 is 0 Å². The van der Waals surface area contributed by atoms with Crippen LogP contribution in [-0.2, 0) is 16.0 Å². The van der Waals surface area contributed by atoms with Gasteiger partial charge < -0.3 is 14.2 Å². The van der Waals surface area contributed by atoms with Crippen LogP contribution in [0.5, 0.6) is 11.5 Å². The summed E-state index contributed by atoms with van der Waals surface area (Å²) in [6.45, 7) is 1.27. The number of carbonyl (C=O) groups is 1. The Balaban J connectivity index is 1.56. The molecule has 0 unspecified atom stereocenters. The molecular weight excluding hydrogens is 318 g/mol. The van der Waals surface area contributed by atoms with Gasteiger partial charge in [0.1, 0.15) is 0 Å². The first-order valence-corrected chi connectivity index (χ1v) is 8.23. The van der Waals surface area contributed by atoms with Gasteiger partial charge in [-0.3, -0.25) is 0 Å². The predicted octanol–water partition coefficient (Wildman–Crippen LogP) is 3.39. The lowest BCUT2D eigenvalue weighted by Crippen LogP contribution is -2.06. The number of aliphatic imine (C=N–C) groups is 1. The number of esters is 1. The zero-order chi connectivity index (χ0) is 17.1. The van der Waals surface area contributed by atoms with Crippen LogP contribution < -0.4 is 9.47 Å². The van der Waals surface area contributed by atoms with Crippen LogP contribution in [0.3, 0.4) is 0 Å². The number of cyclic esters (lactones) is 1. The van der Waals surface area contributed by atoms with Crippen LogP contribution >= 0.6 is 0 Å². The molecule has 2 aromatic rings. The van der Waals surface area contributed by atoms with Gasteiger partial charge in [0, 0.05) is 12.8 Å². The van der Waals surface area contributed by atoms with E-state index in [1.54, 1.807) is 6.08 Å². The lowest BCUT2D eigenvalue weighted by Gasteiger charge is -2.07. The normalized spacial score (nSPS) is 17.8. The quantitative estimate of drug-likeness (QED) is 0.637. The van der Waals surface area contributed by atoms with E-state index in [0.717, 1.165) is 23.3 Å². The highest BCUT2D eigenvalue weighted by Crippen LogP contribution is 2.31. The number of benzene rings is 2. The van der Waals surface area contributed by atoms with Crippen LogP contribution in [0, 0.1) is 0 Å². The first kappa shape index (κ1) is 15.4. The van der Waals surface area contributed by atoms with E-state index in [2.05, 4.69) is 4.99 Å². The Bertz CT molecular complexity index is 855. The third-order valence-corrected chi connectivity index (χ3v) is 3.94. The van der Waals surface area contributed by atoms with Crippen molar-refractivity contribution in [3.05, 3.63) is 65.4 Å². The van der Waals surface area contributed by atoms with Crippen LogP contribution in [0.2, 0.25) is 0 Å². The van der Waals surface area contributed by atoms with Crippen molar-refractivity contribution in [1.29, 1.82) is 0 Å². The molecule has 0 bridgehead atoms. The molecule has 0 aliphatic carbocycles. The topological polar surface area (TPSA) is 57.1 Å². The average Bonchev–Trinajstić information content (AvgIpc) is 2.83. The molecule has 5 heteroatoms. The second kappa shape index (κ2) is 6.81. The van der Waals surface area contributed by atoms with Gasteiger partial charge in [0.25, 0.3) is 0 Å². The Morgan fingerprint density at radius 3 is 2.64 bits per heavy atom. The predicted molar refractivity (Wildman–Crippen MR) is 93.7 cm³/mol. The van der Waals surface area contributed by atoms with E-state index in [9.17, 15) is 4.79 Å². The molecule has 0 atom stereocenters. The Kier molecular flexibility index (Phi) is 4.21. The molecule has 4 rings (SSSR count). The Labute approximate surface area is 145 Å². The minimum atomic E-state index is -0.432. The molecule has 0 aromatic heterocycles. The molecule has 0 radical (unpaired) electrons. The first-order chi connectivity index (χ1) is 12.3. The summed E-state index contributed by atoms with van der Waals surface area (Å²) in [6, 6.07) is 15.4. The number of hydrogen-bond acceptors (Lipinski definition) is 5. The van der Waals surface area contributed by atoms with Crippen LogP contribution in [0.4, 0.5) is 0 Å². The molecule has 0 saturated heterocycles. The Hall–Kier alpha value is -3.08. The van der Waals surface area contributed by atoms with Gasteiger partial charge in [-0.15, -0.1) is 0 Å². The Morgan fingerprint density at radius 1 is 1.00 bits per heavy atom. The van der Waals surface area contributed by atoms with Crippen molar-refractivity contribution in [3.8, 4) is 11.5 Å². The molecule has 0 amide bonds. The zero-order valence-electron chi connectivity index (χ0n) is 13.6. The second-order valence-corrected chi connectivity index (χ2v) is 5.84. The lowest BCUT2D eigenvalue weighted by atomic mass is 10.1. The molecule has 0 saturated carbocycles. The van der Waals surface area contributed by atoms with Gasteiger partial charge in [-0.1, -0.05) is 36.4 Å². The monoisotopic (exact) mass is 335 g/mol. The maximum absolute atomic E-state index is 12.1. The summed E-state index contributed by atoms with van der Waals surface area (Å²) >= 11 is 0. The van der Waals surface area contributed by atoms with Crippen molar-refractivity contribution in [2.45, 2.75) is 12.8 Å². The fourth-order valence-corrected chi connectivity index (χ4v) is 2.73. The van der Waals surface area contributed by atoms with Crippen molar-refractivity contribution in [2.24, 2.45) is 4.99 Å². The highest BCUT2D eigenvalue weighted by atomic mass is 16.6. The molecule has 0 spiro atoms. The molecule has 25 heavy (non-hydrogen) atoms. The molecule has 0 N–H and O–H groups in total. The SMILES string of the molecule is O=C1OC(Cc2ccccc2)=N/C1=C/c1ccc2c(c1)OCCCO2. The van der Waals surface area contributed by atoms with Crippen molar-refractivity contribution in [3.63, 3.8) is 0 Å². The third-order valence-electron chi connectivity index (χ3n) is 3.94. The molecule has 2 aliphatic rings. The number of hydrogen-bond donors (Lipinski definition) is 0. The largest absolute Gasteiger partial charge is 0.490 e. The zero-order valence-corrected chi connectivity index (χ0v) is 13.6. The van der Waals surface area contributed by atoms with Gasteiger partial charge >= 0.3 is 5.97 Å². The smallest absolute Gasteiger partial charge is 0.363 e. The number of carbonyl (C=O) groups excluding carboxylic acids is 1. The minimum Gasteiger partial charge on any atom is -0.490 e. The van der Waals surface area contributed by atoms with Crippen LogP contribution in [0.1, 0.15) is 17.5 Å². The number of ether oxygens (including phenoxy) is 3. The summed E-state index contributed by atoms with van der Waals surface area (Å²) in [5.41, 5.74) is 2.16. The van der Waals surface area contributed by atoms with Gasteiger partial charge in [-0.25, -0.2) is 9.79 Å². The molecule has 5 nitrogen and oxygen atoms in total. The third kappa shape index (κ3) is 3.55. The van der Waals surface area contributed by atoms with E-state index in [-0.39, 0.29) is 0 Å². The van der Waals surface area contributed by atoms with Gasteiger partial charge in [0.05, 0.1) is 13.2 Å². The summed E-state index contributed by atoms with van der Waals surface area (Å²) in [5, 5.41) is 0. The lowest BCUT2D eigenvalue weighted by molar-refractivity contribution is -0.130. The van der Waals surface area contributed by atoms with Crippen molar-refractivity contribution in [2.75, 3.05) is 13.2 Å². The van der Waals surface area contributed by atoms with Crippen molar-refractivity contribution < 1.29 is 19.0 Å². The number of fused-ring (bicyclic) bond motifs is 1. The minimum absolute atomic E-state index is 0.292. The average molecular weight is 335 g/mol. The van der Waals surface area contributed by atoms with Crippen LogP contribution in [0.25, 0.3) is 6.08 Å². The summed E-state index contributed by atoms with van der Waals surface area (Å²) in [6.07, 6.45) is 3.05. The van der Waals surface area contributed by atoms with Crippen molar-refractivity contribution in [1.82, 2.24) is 0 Å². The first-order valence-electron chi connectivity index (χ1n) is 8.23. The van der Waals surface area contributed by atoms with E-state index in [1.807, 2.05) is 48.5 Å². The van der Waals surface area contributed by atoms with Gasteiger partial charge in [0.15, 0.2) is 17.2 Å². The summed E-state index contributed by atoms with van der Waals surface area (Å²) < 4.78 is 16.6. The Morgan fingerprint density at radius 2 is 1.80 bits per heavy atom. The van der Waals surface area contributed by atoms with Crippen molar-refractivity contribution >= 4 is 17.9 Å². The molecule has 2 aromatic carbocycles. The number of rotatable bonds is 3. The molecule has 2 aliphatic heterocycles. The van der Waals surface area contributed by atoms with Crippen LogP contribution in [-0.4, -0.2) is 25.1 Å². The van der Waals surface area contributed by atoms with E-state index in [0.29, 0.717) is 37.0 Å². The molecular formula is C20H17NO4. The standard InChI is InChI=1S/C20H17NO4/c22-20-16(21-19(25-20)13-14-5-2-1-3-6-14)11-15-7-8-17-18(12-15)24-10-4-9-23-17/h1-3,5-8,11-12H,4,9-10,13H2/b16-11+. The molecule has 2 heterocycles. The van der Waals surface area contributed by atoms with E-state index < -0.39 is 5.97 Å². The van der Waals surface area contributed by atoms with E-state index in [1.165, 1.54) is 0 Å². The van der Waals surface area contributed by atoms with E-state index in [4.69, 9.17) is 14.2 Å². The molecule has 0 fully saturated rings. The maximum atomic E-state index is 12.1. The van der Waals surface area contributed by atoms with Gasteiger partial charge in [-0.05, 0) is 29.3 Å². The number of nitrogens with zero attached hydrogens (tertiary/aromatic N) is 1. The second-order valence-electron chi connectivity index (χ2n) is 5.84.